The first kappa shape index (κ1) is 16.0. The molecule has 1 aliphatic rings. The number of hydrogen-bond acceptors (Lipinski definition) is 2. The van der Waals surface area contributed by atoms with Crippen LogP contribution in [-0.2, 0) is 11.2 Å². The normalized spacial score (nSPS) is 19.4. The van der Waals surface area contributed by atoms with Gasteiger partial charge in [0.2, 0.25) is 5.91 Å². The Hall–Kier alpha value is -1.35. The number of hydrogen-bond donors (Lipinski definition) is 2. The summed E-state index contributed by atoms with van der Waals surface area (Å²) in [6.07, 6.45) is 5.64. The zero-order valence-electron chi connectivity index (χ0n) is 13.3. The van der Waals surface area contributed by atoms with Crippen molar-refractivity contribution in [2.75, 3.05) is 6.54 Å². The van der Waals surface area contributed by atoms with Gasteiger partial charge in [-0.15, -0.1) is 0 Å². The predicted octanol–water partition coefficient (Wildman–Crippen LogP) is 2.89. The molecule has 116 valence electrons. The smallest absolute Gasteiger partial charge is 0.237 e. The number of carbonyl (C=O) groups is 1. The molecule has 2 atom stereocenters. The van der Waals surface area contributed by atoms with Crippen LogP contribution in [0.1, 0.15) is 45.1 Å². The summed E-state index contributed by atoms with van der Waals surface area (Å²) in [7, 11) is 0. The maximum atomic E-state index is 12.1. The van der Waals surface area contributed by atoms with E-state index in [4.69, 9.17) is 5.73 Å². The number of rotatable bonds is 7. The summed E-state index contributed by atoms with van der Waals surface area (Å²) in [5, 5.41) is 3.10. The van der Waals surface area contributed by atoms with Crippen LogP contribution in [0, 0.1) is 11.3 Å². The molecule has 1 fully saturated rings. The maximum Gasteiger partial charge on any atom is 0.237 e. The zero-order chi connectivity index (χ0) is 15.3. The summed E-state index contributed by atoms with van der Waals surface area (Å²) >= 11 is 0. The molecule has 0 bridgehead atoms. The molecule has 0 heterocycles. The summed E-state index contributed by atoms with van der Waals surface area (Å²) in [5.41, 5.74) is 7.60. The molecule has 1 saturated carbocycles. The lowest BCUT2D eigenvalue weighted by Crippen LogP contribution is -2.50. The van der Waals surface area contributed by atoms with Crippen molar-refractivity contribution in [3.8, 4) is 0 Å². The summed E-state index contributed by atoms with van der Waals surface area (Å²) in [6, 6.07) is 10.2. The molecule has 0 aromatic heterocycles. The van der Waals surface area contributed by atoms with E-state index in [0.717, 1.165) is 19.4 Å². The molecule has 21 heavy (non-hydrogen) atoms. The largest absolute Gasteiger partial charge is 0.354 e. The lowest BCUT2D eigenvalue weighted by atomic mass is 9.65. The van der Waals surface area contributed by atoms with Gasteiger partial charge in [0.15, 0.2) is 0 Å². The molecule has 1 aromatic carbocycles. The van der Waals surface area contributed by atoms with Gasteiger partial charge in [-0.2, -0.15) is 0 Å². The maximum absolute atomic E-state index is 12.1. The third-order valence-corrected chi connectivity index (χ3v) is 5.03. The van der Waals surface area contributed by atoms with Crippen LogP contribution in [0.15, 0.2) is 30.3 Å². The zero-order valence-corrected chi connectivity index (χ0v) is 13.3. The molecule has 1 aliphatic carbocycles. The van der Waals surface area contributed by atoms with Gasteiger partial charge in [0, 0.05) is 6.54 Å². The van der Waals surface area contributed by atoms with E-state index in [1.54, 1.807) is 0 Å². The number of nitrogens with two attached hydrogens (primary N) is 1. The Labute approximate surface area is 128 Å². The predicted molar refractivity (Wildman–Crippen MR) is 86.9 cm³/mol. The standard InChI is InChI=1S/C18H28N2O/c1-3-14(2)16(19)17(21)20-13-18(10-7-11-18)12-15-8-5-4-6-9-15/h4-6,8-9,14,16H,3,7,10-13,19H2,1-2H3,(H,20,21). The third kappa shape index (κ3) is 4.07. The van der Waals surface area contributed by atoms with Crippen LogP contribution in [0.3, 0.4) is 0 Å². The van der Waals surface area contributed by atoms with E-state index in [1.165, 1.54) is 24.8 Å². The summed E-state index contributed by atoms with van der Waals surface area (Å²) in [5.74, 6) is 0.236. The SMILES string of the molecule is CCC(C)C(N)C(=O)NCC1(Cc2ccccc2)CCC1. The van der Waals surface area contributed by atoms with Gasteiger partial charge in [-0.05, 0) is 36.2 Å². The van der Waals surface area contributed by atoms with Gasteiger partial charge in [-0.3, -0.25) is 4.79 Å². The van der Waals surface area contributed by atoms with Crippen LogP contribution < -0.4 is 11.1 Å². The molecule has 1 amide bonds. The summed E-state index contributed by atoms with van der Waals surface area (Å²) in [4.78, 5) is 12.1. The molecule has 3 heteroatoms. The highest BCUT2D eigenvalue weighted by Gasteiger charge is 2.37. The van der Waals surface area contributed by atoms with E-state index in [2.05, 4.69) is 36.5 Å². The molecule has 0 spiro atoms. The lowest BCUT2D eigenvalue weighted by Gasteiger charge is -2.42. The fraction of sp³-hybridized carbons (Fsp3) is 0.611. The van der Waals surface area contributed by atoms with Gasteiger partial charge >= 0.3 is 0 Å². The average Bonchev–Trinajstić information content (AvgIpc) is 2.48. The van der Waals surface area contributed by atoms with Crippen LogP contribution in [0.25, 0.3) is 0 Å². The number of benzene rings is 1. The molecular weight excluding hydrogens is 260 g/mol. The Kier molecular flexibility index (Phi) is 5.40. The monoisotopic (exact) mass is 288 g/mol. The van der Waals surface area contributed by atoms with Gasteiger partial charge in [0.05, 0.1) is 6.04 Å². The van der Waals surface area contributed by atoms with Crippen molar-refractivity contribution in [1.29, 1.82) is 0 Å². The van der Waals surface area contributed by atoms with Gasteiger partial charge in [0.1, 0.15) is 0 Å². The topological polar surface area (TPSA) is 55.1 Å². The van der Waals surface area contributed by atoms with Gasteiger partial charge < -0.3 is 11.1 Å². The molecule has 2 rings (SSSR count). The lowest BCUT2D eigenvalue weighted by molar-refractivity contribution is -0.124. The van der Waals surface area contributed by atoms with Crippen molar-refractivity contribution in [3.63, 3.8) is 0 Å². The third-order valence-electron chi connectivity index (χ3n) is 5.03. The first-order valence-electron chi connectivity index (χ1n) is 8.13. The Balaban J connectivity index is 1.89. The van der Waals surface area contributed by atoms with Crippen LogP contribution >= 0.6 is 0 Å². The fourth-order valence-electron chi connectivity index (χ4n) is 3.03. The number of nitrogens with one attached hydrogen (secondary N) is 1. The van der Waals surface area contributed by atoms with E-state index in [0.29, 0.717) is 0 Å². The number of amides is 1. The van der Waals surface area contributed by atoms with Crippen molar-refractivity contribution in [2.24, 2.45) is 17.1 Å². The molecule has 1 aromatic rings. The summed E-state index contributed by atoms with van der Waals surface area (Å²) in [6.45, 7) is 4.86. The minimum atomic E-state index is -0.385. The molecule has 3 nitrogen and oxygen atoms in total. The number of carbonyl (C=O) groups excluding carboxylic acids is 1. The molecule has 0 saturated heterocycles. The van der Waals surface area contributed by atoms with E-state index in [9.17, 15) is 4.79 Å². The van der Waals surface area contributed by atoms with Crippen molar-refractivity contribution < 1.29 is 4.79 Å². The van der Waals surface area contributed by atoms with E-state index in [1.807, 2.05) is 13.0 Å². The minimum absolute atomic E-state index is 0.00341. The Bertz CT molecular complexity index is 454. The van der Waals surface area contributed by atoms with Crippen LogP contribution in [0.2, 0.25) is 0 Å². The highest BCUT2D eigenvalue weighted by atomic mass is 16.2. The van der Waals surface area contributed by atoms with Crippen molar-refractivity contribution >= 4 is 5.91 Å². The quantitative estimate of drug-likeness (QED) is 0.810. The molecular formula is C18H28N2O. The van der Waals surface area contributed by atoms with E-state index < -0.39 is 0 Å². The van der Waals surface area contributed by atoms with Gasteiger partial charge in [0.25, 0.3) is 0 Å². The Morgan fingerprint density at radius 2 is 2.00 bits per heavy atom. The van der Waals surface area contributed by atoms with Crippen LogP contribution in [0.5, 0.6) is 0 Å². The highest BCUT2D eigenvalue weighted by molar-refractivity contribution is 5.81. The first-order valence-corrected chi connectivity index (χ1v) is 8.13. The summed E-state index contributed by atoms with van der Waals surface area (Å²) < 4.78 is 0. The van der Waals surface area contributed by atoms with E-state index in [-0.39, 0.29) is 23.3 Å². The van der Waals surface area contributed by atoms with E-state index >= 15 is 0 Å². The Morgan fingerprint density at radius 3 is 2.52 bits per heavy atom. The molecule has 0 aliphatic heterocycles. The van der Waals surface area contributed by atoms with Crippen molar-refractivity contribution in [1.82, 2.24) is 5.32 Å². The van der Waals surface area contributed by atoms with Crippen molar-refractivity contribution in [3.05, 3.63) is 35.9 Å². The van der Waals surface area contributed by atoms with Gasteiger partial charge in [-0.25, -0.2) is 0 Å². The van der Waals surface area contributed by atoms with Gasteiger partial charge in [-0.1, -0.05) is 57.0 Å². The second-order valence-corrected chi connectivity index (χ2v) is 6.65. The highest BCUT2D eigenvalue weighted by Crippen LogP contribution is 2.43. The first-order chi connectivity index (χ1) is 10.1. The second-order valence-electron chi connectivity index (χ2n) is 6.65. The average molecular weight is 288 g/mol. The molecule has 0 radical (unpaired) electrons. The Morgan fingerprint density at radius 1 is 1.33 bits per heavy atom. The van der Waals surface area contributed by atoms with Crippen LogP contribution in [-0.4, -0.2) is 18.5 Å². The molecule has 3 N–H and O–H groups in total. The van der Waals surface area contributed by atoms with Crippen molar-refractivity contribution in [2.45, 2.75) is 52.0 Å². The second kappa shape index (κ2) is 7.08. The van der Waals surface area contributed by atoms with Crippen LogP contribution in [0.4, 0.5) is 0 Å². The minimum Gasteiger partial charge on any atom is -0.354 e. The molecule has 2 unspecified atom stereocenters. The fourth-order valence-corrected chi connectivity index (χ4v) is 3.03.